The Morgan fingerprint density at radius 3 is 2.07 bits per heavy atom. The van der Waals surface area contributed by atoms with Crippen molar-refractivity contribution in [2.75, 3.05) is 13.6 Å². The van der Waals surface area contributed by atoms with Crippen molar-refractivity contribution in [2.45, 2.75) is 32.6 Å². The molecule has 1 rings (SSSR count). The monoisotopic (exact) mass is 225 g/mol. The third-order valence-electron chi connectivity index (χ3n) is 2.04. The van der Waals surface area contributed by atoms with Crippen LogP contribution in [0, 0.1) is 10.2 Å². The lowest BCUT2D eigenvalue weighted by Crippen LogP contribution is -2.68. The Hall–Kier alpha value is -0.200. The van der Waals surface area contributed by atoms with E-state index < -0.39 is 10.2 Å². The molecule has 84 valence electrons. The van der Waals surface area contributed by atoms with Crippen LogP contribution in [0.15, 0.2) is 0 Å². The molecule has 0 amide bonds. The standard InChI is InChI=1S/C8H16N.ClHO4/c1-3-5-8-6-4-7-9(8)2;2-1(3,4)5/h3-7H2,1-2H3;(H,2,3,4,5)/q+1;/p-1. The average molecular weight is 226 g/mol. The van der Waals surface area contributed by atoms with Crippen LogP contribution in [0.3, 0.4) is 0 Å². The normalized spacial score (nSPS) is 16.7. The summed E-state index contributed by atoms with van der Waals surface area (Å²) in [4.78, 5) is 0. The first kappa shape index (κ1) is 13.8. The first-order valence-corrected chi connectivity index (χ1v) is 5.75. The van der Waals surface area contributed by atoms with Crippen molar-refractivity contribution in [3.63, 3.8) is 0 Å². The largest absolute Gasteiger partial charge is 0.240 e. The van der Waals surface area contributed by atoms with Crippen LogP contribution >= 0.6 is 0 Å². The Balaban J connectivity index is 0.000000292. The fourth-order valence-corrected chi connectivity index (χ4v) is 1.47. The summed E-state index contributed by atoms with van der Waals surface area (Å²) in [7, 11) is -2.74. The maximum absolute atomic E-state index is 8.49. The molecule has 0 aromatic heterocycles. The van der Waals surface area contributed by atoms with Crippen molar-refractivity contribution >= 4 is 5.71 Å². The minimum Gasteiger partial charge on any atom is -0.240 e. The molecule has 5 nitrogen and oxygen atoms in total. The maximum atomic E-state index is 8.49. The van der Waals surface area contributed by atoms with Crippen LogP contribution in [-0.2, 0) is 0 Å². The zero-order valence-electron chi connectivity index (χ0n) is 8.49. The van der Waals surface area contributed by atoms with Crippen LogP contribution in [0.1, 0.15) is 32.6 Å². The minimum absolute atomic E-state index is 1.29. The van der Waals surface area contributed by atoms with E-state index in [-0.39, 0.29) is 0 Å². The van der Waals surface area contributed by atoms with Gasteiger partial charge >= 0.3 is 0 Å². The van der Waals surface area contributed by atoms with Crippen LogP contribution in [0.2, 0.25) is 0 Å². The van der Waals surface area contributed by atoms with E-state index in [4.69, 9.17) is 18.6 Å². The highest BCUT2D eigenvalue weighted by Gasteiger charge is 2.16. The molecular weight excluding hydrogens is 210 g/mol. The second-order valence-corrected chi connectivity index (χ2v) is 3.98. The first-order chi connectivity index (χ1) is 6.34. The lowest BCUT2D eigenvalue weighted by atomic mass is 10.2. The lowest BCUT2D eigenvalue weighted by Gasteiger charge is -2.17. The van der Waals surface area contributed by atoms with Gasteiger partial charge in [0.1, 0.15) is 13.6 Å². The molecule has 0 aromatic carbocycles. The first-order valence-electron chi connectivity index (χ1n) is 4.52. The fourth-order valence-electron chi connectivity index (χ4n) is 1.47. The zero-order valence-corrected chi connectivity index (χ0v) is 9.25. The van der Waals surface area contributed by atoms with E-state index in [0.717, 1.165) is 0 Å². The predicted molar refractivity (Wildman–Crippen MR) is 40.2 cm³/mol. The van der Waals surface area contributed by atoms with E-state index >= 15 is 0 Å². The summed E-state index contributed by atoms with van der Waals surface area (Å²) in [6.45, 7) is 3.54. The van der Waals surface area contributed by atoms with Crippen molar-refractivity contribution in [2.24, 2.45) is 0 Å². The van der Waals surface area contributed by atoms with Crippen LogP contribution in [0.25, 0.3) is 0 Å². The Morgan fingerprint density at radius 2 is 1.79 bits per heavy atom. The molecular formula is C8H16ClNO4. The van der Waals surface area contributed by atoms with Gasteiger partial charge in [-0.25, -0.2) is 23.2 Å². The van der Waals surface area contributed by atoms with Crippen LogP contribution in [-0.4, -0.2) is 23.9 Å². The molecule has 0 spiro atoms. The molecule has 0 saturated heterocycles. The maximum Gasteiger partial charge on any atom is 0.152 e. The highest BCUT2D eigenvalue weighted by molar-refractivity contribution is 5.80. The molecule has 0 aromatic rings. The van der Waals surface area contributed by atoms with Gasteiger partial charge in [-0.15, -0.1) is 10.2 Å². The van der Waals surface area contributed by atoms with Gasteiger partial charge in [-0.2, -0.15) is 0 Å². The van der Waals surface area contributed by atoms with Gasteiger partial charge in [-0.3, -0.25) is 0 Å². The third kappa shape index (κ3) is 8.40. The van der Waals surface area contributed by atoms with Crippen molar-refractivity contribution in [1.29, 1.82) is 0 Å². The number of nitrogens with zero attached hydrogens (tertiary/aromatic N) is 1. The molecule has 1 aliphatic heterocycles. The van der Waals surface area contributed by atoms with Crippen LogP contribution in [0.4, 0.5) is 0 Å². The molecule has 0 radical (unpaired) electrons. The minimum atomic E-state index is -4.94. The Labute approximate surface area is 86.0 Å². The Morgan fingerprint density at radius 1 is 1.29 bits per heavy atom. The van der Waals surface area contributed by atoms with E-state index in [1.54, 1.807) is 5.71 Å². The van der Waals surface area contributed by atoms with E-state index in [9.17, 15) is 0 Å². The summed E-state index contributed by atoms with van der Waals surface area (Å²) in [6, 6.07) is 0. The summed E-state index contributed by atoms with van der Waals surface area (Å²) in [6.07, 6.45) is 5.35. The predicted octanol–water partition coefficient (Wildman–Crippen LogP) is -3.09. The summed E-state index contributed by atoms with van der Waals surface area (Å²) in [5.74, 6) is 0. The number of hydrogen-bond donors (Lipinski definition) is 0. The summed E-state index contributed by atoms with van der Waals surface area (Å²) >= 11 is 0. The molecule has 0 saturated carbocycles. The molecule has 0 unspecified atom stereocenters. The number of rotatable bonds is 2. The summed E-state index contributed by atoms with van der Waals surface area (Å²) in [5.41, 5.74) is 1.66. The lowest BCUT2D eigenvalue weighted by molar-refractivity contribution is -2.00. The zero-order chi connectivity index (χ0) is 11.2. The molecule has 6 heteroatoms. The van der Waals surface area contributed by atoms with E-state index in [0.29, 0.717) is 0 Å². The highest BCUT2D eigenvalue weighted by Crippen LogP contribution is 2.06. The van der Waals surface area contributed by atoms with Crippen LogP contribution in [0.5, 0.6) is 0 Å². The summed E-state index contributed by atoms with van der Waals surface area (Å²) in [5, 5.41) is 0. The average Bonchev–Trinajstić information content (AvgIpc) is 2.34. The molecule has 0 N–H and O–H groups in total. The molecule has 0 fully saturated rings. The van der Waals surface area contributed by atoms with E-state index in [2.05, 4.69) is 18.5 Å². The fraction of sp³-hybridized carbons (Fsp3) is 0.875. The van der Waals surface area contributed by atoms with E-state index in [1.807, 2.05) is 0 Å². The van der Waals surface area contributed by atoms with Crippen molar-refractivity contribution in [3.8, 4) is 0 Å². The van der Waals surface area contributed by atoms with Gasteiger partial charge in [0.2, 0.25) is 0 Å². The van der Waals surface area contributed by atoms with Gasteiger partial charge in [0.15, 0.2) is 5.71 Å². The number of hydrogen-bond acceptors (Lipinski definition) is 4. The van der Waals surface area contributed by atoms with Gasteiger partial charge in [0, 0.05) is 19.3 Å². The summed E-state index contributed by atoms with van der Waals surface area (Å²) < 4.78 is 36.4. The van der Waals surface area contributed by atoms with Crippen molar-refractivity contribution in [3.05, 3.63) is 0 Å². The van der Waals surface area contributed by atoms with Gasteiger partial charge in [-0.1, -0.05) is 6.92 Å². The Kier molecular flexibility index (Phi) is 6.22. The smallest absolute Gasteiger partial charge is 0.152 e. The molecule has 14 heavy (non-hydrogen) atoms. The highest BCUT2D eigenvalue weighted by atomic mass is 35.7. The third-order valence-corrected chi connectivity index (χ3v) is 2.04. The number of halogens is 1. The van der Waals surface area contributed by atoms with Crippen LogP contribution < -0.4 is 18.6 Å². The van der Waals surface area contributed by atoms with Gasteiger partial charge < -0.3 is 0 Å². The molecule has 0 atom stereocenters. The quantitative estimate of drug-likeness (QED) is 0.466. The van der Waals surface area contributed by atoms with Crippen molar-refractivity contribution < 1.29 is 33.5 Å². The second kappa shape index (κ2) is 6.31. The van der Waals surface area contributed by atoms with Gasteiger partial charge in [0.05, 0.1) is 0 Å². The Bertz CT molecular complexity index is 194. The SMILES string of the molecule is CCCC1=[N+](C)CCC1.[O-][Cl+3]([O-])([O-])[O-]. The second-order valence-electron chi connectivity index (χ2n) is 3.22. The molecule has 1 heterocycles. The van der Waals surface area contributed by atoms with Gasteiger partial charge in [-0.05, 0) is 6.42 Å². The topological polar surface area (TPSA) is 95.2 Å². The van der Waals surface area contributed by atoms with E-state index in [1.165, 1.54) is 32.2 Å². The molecule has 0 aliphatic carbocycles. The molecule has 1 aliphatic rings. The van der Waals surface area contributed by atoms with Crippen molar-refractivity contribution in [1.82, 2.24) is 0 Å². The molecule has 0 bridgehead atoms. The van der Waals surface area contributed by atoms with Gasteiger partial charge in [0.25, 0.3) is 0 Å².